The summed E-state index contributed by atoms with van der Waals surface area (Å²) in [5.74, 6) is -4.33. The molecule has 6 fully saturated rings. The maximum Gasteiger partial charge on any atom is 0.271 e. The number of hydrogen-bond acceptors (Lipinski definition) is 17. The summed E-state index contributed by atoms with van der Waals surface area (Å²) in [5, 5.41) is 33.6. The Hall–Kier alpha value is -11.6. The lowest BCUT2D eigenvalue weighted by Crippen LogP contribution is -2.56. The highest BCUT2D eigenvalue weighted by Crippen LogP contribution is 2.53. The van der Waals surface area contributed by atoms with Gasteiger partial charge in [0.1, 0.15) is 82.5 Å². The van der Waals surface area contributed by atoms with Gasteiger partial charge in [-0.15, -0.1) is 11.8 Å². The molecule has 3 aromatic heterocycles. The second-order valence-corrected chi connectivity index (χ2v) is 36.7. The van der Waals surface area contributed by atoms with Gasteiger partial charge in [0.25, 0.3) is 16.7 Å². The summed E-state index contributed by atoms with van der Waals surface area (Å²) in [6.45, 7) is 34.4. The van der Waals surface area contributed by atoms with Gasteiger partial charge < -0.3 is 62.8 Å². The van der Waals surface area contributed by atoms with E-state index in [1.807, 2.05) is 28.5 Å². The number of ether oxygens (including phenoxy) is 1. The van der Waals surface area contributed by atoms with Crippen molar-refractivity contribution >= 4 is 114 Å². The first-order valence-electron chi connectivity index (χ1n) is 43.9. The van der Waals surface area contributed by atoms with Crippen LogP contribution in [0.25, 0.3) is 70.9 Å². The molecule has 33 heteroatoms. The van der Waals surface area contributed by atoms with Crippen molar-refractivity contribution in [1.29, 1.82) is 15.8 Å². The molecule has 0 aliphatic carbocycles. The molecule has 674 valence electrons. The lowest BCUT2D eigenvalue weighted by atomic mass is 9.87. The molecular formula is C97H95Cl3F6N16O7S. The minimum Gasteiger partial charge on any atom is -0.488 e. The Bertz CT molecular complexity index is 6510. The summed E-state index contributed by atoms with van der Waals surface area (Å²) in [6, 6.07) is 20.0. The first kappa shape index (κ1) is 91.7. The molecule has 9 aliphatic rings. The number of piperazine rings is 3. The first-order chi connectivity index (χ1) is 62.7. The maximum absolute atomic E-state index is 15.2. The van der Waals surface area contributed by atoms with Gasteiger partial charge in [-0.25, -0.2) is 32.9 Å². The normalized spacial score (nSPS) is 20.0. The zero-order valence-electron chi connectivity index (χ0n) is 72.0. The predicted molar refractivity (Wildman–Crippen MR) is 494 cm³/mol. The van der Waals surface area contributed by atoms with Crippen LogP contribution in [-0.2, 0) is 20.8 Å². The van der Waals surface area contributed by atoms with Gasteiger partial charge in [0.2, 0.25) is 24.3 Å². The SMILES string of the molecule is C=CC(=O)N1CCN(c2c(C#N)c(=O)n3c4c(c(-c5ccc(F)cc5F)c(Cl)cc24)CCC3CCN2CCC2)[C@@H](C)C1.C=CC(=O)N1CCN(c2c(C#N)c(=O)n3c4c(c(-c5ccc(F)cc5F)c(Cl)cc24)SCC3CCCN2CCC2)[C@@H](C)C1.[C-]#[N+]C[C@H]1CN(c2c(C#N)c(=O)n3c4c(c(-c5ccc(F)cc5F)c(Cl)cc24)OCC3CCCN2CCC2)CCN1C(=O)C=C. The van der Waals surface area contributed by atoms with Crippen molar-refractivity contribution in [3.8, 4) is 57.3 Å². The lowest BCUT2D eigenvalue weighted by Gasteiger charge is -2.42. The number of likely N-dealkylation sites (tertiary alicyclic amines) is 3. The third kappa shape index (κ3) is 17.3. The predicted octanol–water partition coefficient (Wildman–Crippen LogP) is 16.1. The van der Waals surface area contributed by atoms with Gasteiger partial charge in [-0.1, -0.05) is 54.5 Å². The van der Waals surface area contributed by atoms with Crippen LogP contribution in [0.4, 0.5) is 43.4 Å². The van der Waals surface area contributed by atoms with Crippen LogP contribution in [-0.4, -0.2) is 216 Å². The molecule has 18 rings (SSSR count). The number of aromatic nitrogens is 3. The Balaban J connectivity index is 0.000000143. The summed E-state index contributed by atoms with van der Waals surface area (Å²) in [4.78, 5) is 102. The standard InChI is InChI=1S/C33H31ClF2N6O3.C32H32ClF2N5O2S.C32H32ClF2N5O2/c1-3-28(43)41-13-12-40(18-22(41)17-38-2)30-24-15-26(34)29(23-8-7-20(35)14-27(23)36)32-31(24)42(33(44)25(30)16-37)21(19-45-32)6-4-9-39-10-5-11-39;1-3-27(41)38-12-13-39(19(2)17-38)29-23-15-25(33)28(22-8-7-20(34)14-26(22)35)31-30(23)40(32(42)24(29)16-36)21(18-43-31)6-4-9-37-10-5-11-37;1-3-28(41)38-13-14-39(19(2)18-38)30-24-16-26(33)29(22-7-5-20(34)15-27(22)35)23-8-6-21(9-12-37-10-4-11-37)40(31(23)24)32(42)25(30)17-36/h3,7-8,14-15,21-22H,1,4-6,9-13,17-19H2;3,7-8,14-15,19,21H,1,4-6,9-13,17-18H2,2H3;3,5,7,15-16,19,21H,1,4,6,8-14,18H2,2H3/t21?,22-;2*19-,21?/m000/s1. The van der Waals surface area contributed by atoms with Crippen LogP contribution in [0, 0.1) is 75.5 Å². The molecule has 9 aliphatic heterocycles. The van der Waals surface area contributed by atoms with Gasteiger partial charge in [-0.2, -0.15) is 15.8 Å². The number of amides is 3. The zero-order valence-corrected chi connectivity index (χ0v) is 75.1. The average molecular weight is 1850 g/mol. The molecule has 23 nitrogen and oxygen atoms in total. The van der Waals surface area contributed by atoms with E-state index in [0.717, 1.165) is 114 Å². The molecule has 0 N–H and O–H groups in total. The largest absolute Gasteiger partial charge is 0.488 e. The van der Waals surface area contributed by atoms with E-state index in [-0.39, 0.29) is 152 Å². The maximum atomic E-state index is 15.2. The van der Waals surface area contributed by atoms with E-state index in [1.54, 1.807) is 46.6 Å². The molecule has 6 aromatic carbocycles. The Labute approximate surface area is 767 Å². The second-order valence-electron chi connectivity index (χ2n) is 34.4. The number of nitrogens with zero attached hydrogens (tertiary/aromatic N) is 16. The van der Waals surface area contributed by atoms with Gasteiger partial charge in [0.05, 0.1) is 49.7 Å². The molecule has 3 amide bonds. The Morgan fingerprint density at radius 3 is 1.44 bits per heavy atom. The highest BCUT2D eigenvalue weighted by Gasteiger charge is 2.42. The molecule has 9 aromatic rings. The fraction of sp³-hybridized carbons (Fsp3) is 0.402. The van der Waals surface area contributed by atoms with Gasteiger partial charge >= 0.3 is 0 Å². The molecule has 0 spiro atoms. The number of pyridine rings is 3. The van der Waals surface area contributed by atoms with E-state index in [4.69, 9.17) is 46.1 Å². The summed E-state index contributed by atoms with van der Waals surface area (Å²) in [7, 11) is 0. The first-order valence-corrected chi connectivity index (χ1v) is 46.0. The number of benzene rings is 6. The average Bonchev–Trinajstić information content (AvgIpc) is 0.719. The number of carbonyl (C=O) groups is 3. The van der Waals surface area contributed by atoms with Gasteiger partial charge in [-0.05, 0) is 209 Å². The number of nitriles is 3. The van der Waals surface area contributed by atoms with Crippen LogP contribution in [0.3, 0.4) is 0 Å². The summed E-state index contributed by atoms with van der Waals surface area (Å²) in [6.07, 6.45) is 12.3. The van der Waals surface area contributed by atoms with Crippen LogP contribution in [0.5, 0.6) is 5.75 Å². The molecule has 6 atom stereocenters. The van der Waals surface area contributed by atoms with E-state index in [2.05, 4.69) is 57.5 Å². The molecule has 0 radical (unpaired) electrons. The topological polar surface area (TPSA) is 231 Å². The van der Waals surface area contributed by atoms with Crippen LogP contribution in [0.15, 0.2) is 130 Å². The molecule has 0 saturated carbocycles. The molecule has 130 heavy (non-hydrogen) atoms. The fourth-order valence-electron chi connectivity index (χ4n) is 20.1. The number of hydrogen-bond donors (Lipinski definition) is 0. The highest BCUT2D eigenvalue weighted by atomic mass is 35.5. The Kier molecular flexibility index (Phi) is 27.4. The minimum atomic E-state index is -0.833. The van der Waals surface area contributed by atoms with E-state index in [0.29, 0.717) is 130 Å². The van der Waals surface area contributed by atoms with E-state index < -0.39 is 46.5 Å². The van der Waals surface area contributed by atoms with Crippen molar-refractivity contribution in [1.82, 2.24) is 43.1 Å². The molecule has 6 saturated heterocycles. The van der Waals surface area contributed by atoms with Gasteiger partial charge in [0, 0.05) is 173 Å². The zero-order chi connectivity index (χ0) is 91.9. The van der Waals surface area contributed by atoms with Crippen molar-refractivity contribution in [2.24, 2.45) is 0 Å². The smallest absolute Gasteiger partial charge is 0.271 e. The Morgan fingerprint density at radius 1 is 0.515 bits per heavy atom. The van der Waals surface area contributed by atoms with Crippen molar-refractivity contribution in [2.45, 2.75) is 119 Å². The van der Waals surface area contributed by atoms with E-state index in [1.165, 1.54) is 79.6 Å². The van der Waals surface area contributed by atoms with Crippen molar-refractivity contribution in [3.63, 3.8) is 0 Å². The van der Waals surface area contributed by atoms with E-state index in [9.17, 15) is 57.7 Å². The molecule has 12 heterocycles. The van der Waals surface area contributed by atoms with Crippen LogP contribution in [0.1, 0.15) is 112 Å². The molecule has 3 unspecified atom stereocenters. The van der Waals surface area contributed by atoms with E-state index >= 15 is 13.2 Å². The summed E-state index contributed by atoms with van der Waals surface area (Å²) >= 11 is 22.2. The lowest BCUT2D eigenvalue weighted by molar-refractivity contribution is -0.128. The van der Waals surface area contributed by atoms with Crippen molar-refractivity contribution in [2.75, 3.05) is 151 Å². The number of thioether (sulfide) groups is 1. The number of carbonyl (C=O) groups excluding carboxylic acids is 3. The fourth-order valence-corrected chi connectivity index (χ4v) is 22.5. The molecular weight excluding hydrogens is 1750 g/mol. The number of rotatable bonds is 21. The number of halogens is 9. The van der Waals surface area contributed by atoms with Gasteiger partial charge in [0.15, 0.2) is 5.75 Å². The quantitative estimate of drug-likeness (QED) is 0.0370. The monoisotopic (exact) mass is 1850 g/mol. The number of aryl methyl sites for hydroxylation is 1. The molecule has 0 bridgehead atoms. The van der Waals surface area contributed by atoms with Gasteiger partial charge in [-0.3, -0.25) is 33.3 Å². The van der Waals surface area contributed by atoms with Crippen LogP contribution < -0.4 is 36.1 Å². The Morgan fingerprint density at radius 2 is 0.962 bits per heavy atom. The summed E-state index contributed by atoms with van der Waals surface area (Å²) < 4.78 is 98.5. The third-order valence-electron chi connectivity index (χ3n) is 26.9. The summed E-state index contributed by atoms with van der Waals surface area (Å²) in [5.41, 5.74) is 3.79. The third-order valence-corrected chi connectivity index (χ3v) is 29.0. The van der Waals surface area contributed by atoms with Crippen LogP contribution >= 0.6 is 46.6 Å². The van der Waals surface area contributed by atoms with Crippen molar-refractivity contribution in [3.05, 3.63) is 225 Å². The van der Waals surface area contributed by atoms with Crippen molar-refractivity contribution < 1.29 is 45.5 Å². The number of anilines is 3. The highest BCUT2D eigenvalue weighted by molar-refractivity contribution is 7.99. The minimum absolute atomic E-state index is 0.0214. The van der Waals surface area contributed by atoms with Crippen LogP contribution in [0.2, 0.25) is 15.1 Å². The second kappa shape index (κ2) is 38.8.